The van der Waals surface area contributed by atoms with Gasteiger partial charge in [-0.05, 0) is 117 Å². The molecule has 0 radical (unpaired) electrons. The fourth-order valence-corrected chi connectivity index (χ4v) is 11.4. The second-order valence-electron chi connectivity index (χ2n) is 17.9. The standard InChI is InChI=1S/C65H46N2O/c1-6-22-45(23-7-1)42-57-56-35-17-19-39-61(56)68-64-62-53(36-21-38-60(62)67(63(57)64)50-31-14-5-15-32-50)46-24-20-33-51(43-46)66(49-29-12-4-13-30-49)52-40-41-55-54-34-16-18-37-58(54)65(59(55)44-52,47-25-8-2-9-26-47)48-27-10-3-11-28-48/h1-41,43-44,57H,42H2. The fraction of sp³-hybridized carbons (Fsp3) is 0.0462. The number of anilines is 3. The van der Waals surface area contributed by atoms with Crippen molar-refractivity contribution in [2.24, 2.45) is 0 Å². The Morgan fingerprint density at radius 1 is 0.441 bits per heavy atom. The van der Waals surface area contributed by atoms with Gasteiger partial charge in [-0.25, -0.2) is 0 Å². The topological polar surface area (TPSA) is 17.4 Å². The zero-order chi connectivity index (χ0) is 45.0. The molecule has 2 aliphatic rings. The summed E-state index contributed by atoms with van der Waals surface area (Å²) in [5.41, 5.74) is 18.4. The molecule has 1 aliphatic carbocycles. The Bertz CT molecular complexity index is 3580. The van der Waals surface area contributed by atoms with Crippen molar-refractivity contribution >= 4 is 28.0 Å². The van der Waals surface area contributed by atoms with Crippen molar-refractivity contribution in [1.29, 1.82) is 0 Å². The third-order valence-corrected chi connectivity index (χ3v) is 14.2. The summed E-state index contributed by atoms with van der Waals surface area (Å²) < 4.78 is 9.62. The molecule has 1 unspecified atom stereocenters. The minimum absolute atomic E-state index is 0.0579. The van der Waals surface area contributed by atoms with Crippen LogP contribution in [0.4, 0.5) is 17.1 Å². The number of fused-ring (bicyclic) bond motifs is 7. The van der Waals surface area contributed by atoms with Crippen molar-refractivity contribution in [3.8, 4) is 39.4 Å². The van der Waals surface area contributed by atoms with Crippen LogP contribution in [0.3, 0.4) is 0 Å². The molecular formula is C65H46N2O. The molecule has 13 rings (SSSR count). The molecule has 3 nitrogen and oxygen atoms in total. The lowest BCUT2D eigenvalue weighted by molar-refractivity contribution is 0.445. The normalized spacial score (nSPS) is 14.0. The van der Waals surface area contributed by atoms with E-state index in [-0.39, 0.29) is 5.92 Å². The van der Waals surface area contributed by atoms with Crippen molar-refractivity contribution < 1.29 is 4.74 Å². The molecule has 1 atom stereocenters. The predicted octanol–water partition coefficient (Wildman–Crippen LogP) is 16.6. The maximum atomic E-state index is 7.17. The van der Waals surface area contributed by atoms with Crippen molar-refractivity contribution in [3.63, 3.8) is 0 Å². The highest BCUT2D eigenvalue weighted by Crippen LogP contribution is 2.58. The third-order valence-electron chi connectivity index (χ3n) is 14.2. The molecule has 0 fully saturated rings. The lowest BCUT2D eigenvalue weighted by Crippen LogP contribution is -2.28. The monoisotopic (exact) mass is 870 g/mol. The molecule has 2 heterocycles. The number of aromatic nitrogens is 1. The largest absolute Gasteiger partial charge is 0.454 e. The van der Waals surface area contributed by atoms with Crippen LogP contribution >= 0.6 is 0 Å². The molecule has 322 valence electrons. The van der Waals surface area contributed by atoms with E-state index >= 15 is 0 Å². The van der Waals surface area contributed by atoms with Gasteiger partial charge in [0.15, 0.2) is 5.75 Å². The van der Waals surface area contributed by atoms with Gasteiger partial charge in [0, 0.05) is 34.2 Å². The first kappa shape index (κ1) is 39.7. The third kappa shape index (κ3) is 6.27. The van der Waals surface area contributed by atoms with E-state index < -0.39 is 5.41 Å². The van der Waals surface area contributed by atoms with Gasteiger partial charge in [-0.15, -0.1) is 0 Å². The van der Waals surface area contributed by atoms with Crippen LogP contribution in [0.2, 0.25) is 0 Å². The number of hydrogen-bond acceptors (Lipinski definition) is 2. The number of ether oxygens (including phenoxy) is 1. The predicted molar refractivity (Wildman–Crippen MR) is 279 cm³/mol. The van der Waals surface area contributed by atoms with Gasteiger partial charge in [-0.1, -0.05) is 200 Å². The first-order valence-corrected chi connectivity index (χ1v) is 23.6. The van der Waals surface area contributed by atoms with Crippen LogP contribution < -0.4 is 9.64 Å². The zero-order valence-electron chi connectivity index (χ0n) is 37.4. The Morgan fingerprint density at radius 3 is 1.76 bits per heavy atom. The van der Waals surface area contributed by atoms with E-state index in [0.717, 1.165) is 62.7 Å². The molecule has 0 saturated heterocycles. The lowest BCUT2D eigenvalue weighted by Gasteiger charge is -2.35. The molecule has 0 amide bonds. The summed E-state index contributed by atoms with van der Waals surface area (Å²) in [6, 6.07) is 95.0. The molecule has 1 aromatic heterocycles. The molecule has 0 saturated carbocycles. The summed E-state index contributed by atoms with van der Waals surface area (Å²) in [5, 5.41) is 1.10. The number of rotatable bonds is 9. The smallest absolute Gasteiger partial charge is 0.157 e. The molecular weight excluding hydrogens is 825 g/mol. The van der Waals surface area contributed by atoms with Crippen LogP contribution in [0, 0.1) is 0 Å². The summed E-state index contributed by atoms with van der Waals surface area (Å²) in [6.45, 7) is 0. The Labute approximate surface area is 397 Å². The molecule has 10 aromatic carbocycles. The van der Waals surface area contributed by atoms with E-state index in [2.05, 4.69) is 270 Å². The number of benzene rings is 10. The first-order chi connectivity index (χ1) is 33.8. The van der Waals surface area contributed by atoms with E-state index in [1.165, 1.54) is 50.2 Å². The molecule has 0 bridgehead atoms. The second-order valence-corrected chi connectivity index (χ2v) is 17.9. The summed E-state index contributed by atoms with van der Waals surface area (Å²) in [5.74, 6) is 1.89. The van der Waals surface area contributed by atoms with E-state index in [0.29, 0.717) is 0 Å². The minimum Gasteiger partial charge on any atom is -0.454 e. The van der Waals surface area contributed by atoms with Crippen LogP contribution in [0.5, 0.6) is 11.5 Å². The molecule has 1 aliphatic heterocycles. The maximum absolute atomic E-state index is 7.17. The highest BCUT2D eigenvalue weighted by atomic mass is 16.5. The van der Waals surface area contributed by atoms with Crippen LogP contribution in [0.1, 0.15) is 45.0 Å². The molecule has 0 N–H and O–H groups in total. The fourth-order valence-electron chi connectivity index (χ4n) is 11.4. The van der Waals surface area contributed by atoms with E-state index in [4.69, 9.17) is 4.74 Å². The van der Waals surface area contributed by atoms with Gasteiger partial charge in [0.1, 0.15) is 5.75 Å². The van der Waals surface area contributed by atoms with Crippen LogP contribution in [0.15, 0.2) is 261 Å². The molecule has 11 aromatic rings. The minimum atomic E-state index is -0.522. The van der Waals surface area contributed by atoms with E-state index in [1.807, 2.05) is 0 Å². The van der Waals surface area contributed by atoms with Gasteiger partial charge in [-0.2, -0.15) is 0 Å². The maximum Gasteiger partial charge on any atom is 0.157 e. The van der Waals surface area contributed by atoms with Crippen molar-refractivity contribution in [1.82, 2.24) is 4.57 Å². The van der Waals surface area contributed by atoms with E-state index in [1.54, 1.807) is 0 Å². The number of para-hydroxylation sites is 3. The summed E-state index contributed by atoms with van der Waals surface area (Å²) in [4.78, 5) is 2.42. The Kier molecular flexibility index (Phi) is 9.54. The quantitative estimate of drug-likeness (QED) is 0.144. The summed E-state index contributed by atoms with van der Waals surface area (Å²) >= 11 is 0. The highest BCUT2D eigenvalue weighted by Gasteiger charge is 2.46. The first-order valence-electron chi connectivity index (χ1n) is 23.6. The van der Waals surface area contributed by atoms with Gasteiger partial charge in [0.2, 0.25) is 0 Å². The zero-order valence-corrected chi connectivity index (χ0v) is 37.4. The van der Waals surface area contributed by atoms with Gasteiger partial charge < -0.3 is 14.2 Å². The Morgan fingerprint density at radius 2 is 1.01 bits per heavy atom. The van der Waals surface area contributed by atoms with Gasteiger partial charge in [0.05, 0.1) is 22.0 Å². The summed E-state index contributed by atoms with van der Waals surface area (Å²) in [6.07, 6.45) is 0.843. The average Bonchev–Trinajstić information content (AvgIpc) is 3.91. The number of hydrogen-bond donors (Lipinski definition) is 0. The molecule has 3 heteroatoms. The van der Waals surface area contributed by atoms with Crippen LogP contribution in [0.25, 0.3) is 38.8 Å². The van der Waals surface area contributed by atoms with E-state index in [9.17, 15) is 0 Å². The van der Waals surface area contributed by atoms with Crippen molar-refractivity contribution in [2.75, 3.05) is 4.90 Å². The molecule has 0 spiro atoms. The van der Waals surface area contributed by atoms with Crippen molar-refractivity contribution in [2.45, 2.75) is 17.8 Å². The van der Waals surface area contributed by atoms with Gasteiger partial charge in [-0.3, -0.25) is 0 Å². The van der Waals surface area contributed by atoms with Crippen LogP contribution in [-0.2, 0) is 11.8 Å². The lowest BCUT2D eigenvalue weighted by atomic mass is 9.67. The SMILES string of the molecule is c1ccc(CC2c3ccccc3Oc3c2n(-c2ccccc2)c2cccc(-c4cccc(N(c5ccccc5)c5ccc6c(c5)C(c5ccccc5)(c5ccccc5)c5ccccc5-6)c4)c32)cc1. The van der Waals surface area contributed by atoms with Gasteiger partial charge in [0.25, 0.3) is 0 Å². The Balaban J connectivity index is 1.02. The number of nitrogens with zero attached hydrogens (tertiary/aromatic N) is 2. The highest BCUT2D eigenvalue weighted by molar-refractivity contribution is 6.03. The Hall–Kier alpha value is -8.66. The van der Waals surface area contributed by atoms with Crippen molar-refractivity contribution in [3.05, 3.63) is 300 Å². The van der Waals surface area contributed by atoms with Crippen LogP contribution in [-0.4, -0.2) is 4.57 Å². The second kappa shape index (κ2) is 16.3. The average molecular weight is 871 g/mol. The van der Waals surface area contributed by atoms with Gasteiger partial charge >= 0.3 is 0 Å². The molecule has 68 heavy (non-hydrogen) atoms. The summed E-state index contributed by atoms with van der Waals surface area (Å²) in [7, 11) is 0.